The Morgan fingerprint density at radius 2 is 1.95 bits per heavy atom. The van der Waals surface area contributed by atoms with E-state index in [0.717, 1.165) is 31.5 Å². The van der Waals surface area contributed by atoms with Crippen molar-refractivity contribution in [2.75, 3.05) is 13.1 Å². The highest BCUT2D eigenvalue weighted by molar-refractivity contribution is 5.88. The first-order chi connectivity index (χ1) is 9.49. The Hall–Kier alpha value is -2.04. The van der Waals surface area contributed by atoms with Gasteiger partial charge in [0.1, 0.15) is 5.75 Å². The molecule has 5 nitrogen and oxygen atoms in total. The number of carbonyl (C=O) groups is 2. The monoisotopic (exact) mass is 277 g/mol. The maximum Gasteiger partial charge on any atom is 0.335 e. The van der Waals surface area contributed by atoms with Gasteiger partial charge in [0.15, 0.2) is 6.10 Å². The Balaban J connectivity index is 2.10. The van der Waals surface area contributed by atoms with E-state index in [1.807, 2.05) is 6.92 Å². The molecule has 2 rings (SSSR count). The summed E-state index contributed by atoms with van der Waals surface area (Å²) < 4.78 is 5.66. The normalized spacial score (nSPS) is 16.0. The van der Waals surface area contributed by atoms with Crippen LogP contribution in [0.25, 0.3) is 0 Å². The number of carbonyl (C=O) groups excluding carboxylic acids is 1. The molecule has 1 aliphatic rings. The molecule has 108 valence electrons. The maximum absolute atomic E-state index is 12.2. The Kier molecular flexibility index (Phi) is 4.27. The molecular weight excluding hydrogens is 258 g/mol. The summed E-state index contributed by atoms with van der Waals surface area (Å²) in [7, 11) is 0. The van der Waals surface area contributed by atoms with E-state index in [9.17, 15) is 9.59 Å². The molecule has 0 aromatic heterocycles. The number of likely N-dealkylation sites (tertiary alicyclic amines) is 1. The van der Waals surface area contributed by atoms with Crippen LogP contribution in [0.4, 0.5) is 0 Å². The van der Waals surface area contributed by atoms with Gasteiger partial charge >= 0.3 is 5.97 Å². The molecule has 0 radical (unpaired) electrons. The maximum atomic E-state index is 12.2. The number of nitrogens with zero attached hydrogens (tertiary/aromatic N) is 1. The van der Waals surface area contributed by atoms with E-state index in [-0.39, 0.29) is 11.5 Å². The van der Waals surface area contributed by atoms with E-state index in [4.69, 9.17) is 9.84 Å². The van der Waals surface area contributed by atoms with Crippen molar-refractivity contribution in [2.45, 2.75) is 32.8 Å². The summed E-state index contributed by atoms with van der Waals surface area (Å²) >= 11 is 0. The van der Waals surface area contributed by atoms with Crippen LogP contribution in [0, 0.1) is 6.92 Å². The van der Waals surface area contributed by atoms with Gasteiger partial charge in [-0.3, -0.25) is 4.79 Å². The summed E-state index contributed by atoms with van der Waals surface area (Å²) in [5, 5.41) is 8.99. The molecule has 1 fully saturated rings. The van der Waals surface area contributed by atoms with Crippen molar-refractivity contribution < 1.29 is 19.4 Å². The number of amides is 1. The van der Waals surface area contributed by atoms with Crippen molar-refractivity contribution in [3.63, 3.8) is 0 Å². The van der Waals surface area contributed by atoms with E-state index in [2.05, 4.69) is 0 Å². The van der Waals surface area contributed by atoms with Crippen LogP contribution in [0.5, 0.6) is 5.75 Å². The topological polar surface area (TPSA) is 66.8 Å². The second kappa shape index (κ2) is 5.94. The molecule has 1 saturated heterocycles. The average molecular weight is 277 g/mol. The van der Waals surface area contributed by atoms with Crippen LogP contribution in [-0.4, -0.2) is 41.1 Å². The number of ether oxygens (including phenoxy) is 1. The van der Waals surface area contributed by atoms with E-state index in [1.54, 1.807) is 17.9 Å². The number of aryl methyl sites for hydroxylation is 1. The highest BCUT2D eigenvalue weighted by Gasteiger charge is 2.25. The highest BCUT2D eigenvalue weighted by atomic mass is 16.5. The third kappa shape index (κ3) is 3.10. The number of rotatable bonds is 4. The van der Waals surface area contributed by atoms with Crippen molar-refractivity contribution in [3.8, 4) is 5.75 Å². The zero-order valence-electron chi connectivity index (χ0n) is 11.8. The van der Waals surface area contributed by atoms with Crippen LogP contribution < -0.4 is 4.74 Å². The fourth-order valence-electron chi connectivity index (χ4n) is 2.30. The van der Waals surface area contributed by atoms with E-state index >= 15 is 0 Å². The zero-order valence-corrected chi connectivity index (χ0v) is 11.8. The first kappa shape index (κ1) is 14.4. The minimum atomic E-state index is -1.01. The molecule has 0 saturated carbocycles. The lowest BCUT2D eigenvalue weighted by atomic mass is 10.1. The lowest BCUT2D eigenvalue weighted by Crippen LogP contribution is -2.38. The molecule has 1 aromatic rings. The molecule has 1 atom stereocenters. The van der Waals surface area contributed by atoms with Crippen molar-refractivity contribution >= 4 is 11.9 Å². The number of hydrogen-bond acceptors (Lipinski definition) is 3. The van der Waals surface area contributed by atoms with Crippen LogP contribution in [0.3, 0.4) is 0 Å². The third-order valence-corrected chi connectivity index (χ3v) is 3.50. The summed E-state index contributed by atoms with van der Waals surface area (Å²) in [6.45, 7) is 5.09. The summed E-state index contributed by atoms with van der Waals surface area (Å²) in [5.41, 5.74) is 0.975. The first-order valence-corrected chi connectivity index (χ1v) is 6.78. The van der Waals surface area contributed by atoms with Crippen LogP contribution in [0.1, 0.15) is 35.7 Å². The minimum absolute atomic E-state index is 0.0392. The smallest absolute Gasteiger partial charge is 0.335 e. The fraction of sp³-hybridized carbons (Fsp3) is 0.467. The van der Waals surface area contributed by atoms with Gasteiger partial charge < -0.3 is 14.7 Å². The molecule has 1 aliphatic heterocycles. The van der Waals surface area contributed by atoms with Crippen LogP contribution >= 0.6 is 0 Å². The zero-order chi connectivity index (χ0) is 14.7. The molecule has 0 aliphatic carbocycles. The quantitative estimate of drug-likeness (QED) is 0.915. The van der Waals surface area contributed by atoms with Crippen LogP contribution in [0.2, 0.25) is 0 Å². The van der Waals surface area contributed by atoms with Gasteiger partial charge in [-0.05, 0) is 44.4 Å². The summed E-state index contributed by atoms with van der Waals surface area (Å²) in [6, 6.07) is 4.68. The Bertz CT molecular complexity index is 521. The van der Waals surface area contributed by atoms with Gasteiger partial charge in [0.2, 0.25) is 0 Å². The lowest BCUT2D eigenvalue weighted by Gasteiger charge is -2.22. The fourth-order valence-corrected chi connectivity index (χ4v) is 2.30. The van der Waals surface area contributed by atoms with E-state index in [0.29, 0.717) is 5.75 Å². The summed E-state index contributed by atoms with van der Waals surface area (Å²) in [5.74, 6) is -0.596. The van der Waals surface area contributed by atoms with Crippen LogP contribution in [-0.2, 0) is 4.79 Å². The average Bonchev–Trinajstić information content (AvgIpc) is 2.94. The third-order valence-electron chi connectivity index (χ3n) is 3.50. The van der Waals surface area contributed by atoms with Gasteiger partial charge in [-0.25, -0.2) is 4.79 Å². The molecule has 0 bridgehead atoms. The van der Waals surface area contributed by atoms with Crippen molar-refractivity contribution in [3.05, 3.63) is 29.3 Å². The Morgan fingerprint density at radius 1 is 1.30 bits per heavy atom. The van der Waals surface area contributed by atoms with E-state index < -0.39 is 12.1 Å². The summed E-state index contributed by atoms with van der Waals surface area (Å²) in [6.07, 6.45) is 1.47. The van der Waals surface area contributed by atoms with Gasteiger partial charge in [-0.1, -0.05) is 6.07 Å². The van der Waals surface area contributed by atoms with Crippen molar-refractivity contribution in [2.24, 2.45) is 0 Å². The number of aromatic carboxylic acids is 1. The standard InChI is InChI=1S/C15H19NO4/c1-10-5-6-12(15(18)19)9-13(10)20-11(2)14(17)16-7-3-4-8-16/h5-6,9,11H,3-4,7-8H2,1-2H3,(H,18,19). The molecule has 20 heavy (non-hydrogen) atoms. The second-order valence-corrected chi connectivity index (χ2v) is 5.08. The predicted molar refractivity (Wildman–Crippen MR) is 74.0 cm³/mol. The molecule has 1 heterocycles. The van der Waals surface area contributed by atoms with E-state index in [1.165, 1.54) is 12.1 Å². The van der Waals surface area contributed by atoms with Crippen molar-refractivity contribution in [1.29, 1.82) is 0 Å². The number of hydrogen-bond donors (Lipinski definition) is 1. The minimum Gasteiger partial charge on any atom is -0.481 e. The SMILES string of the molecule is Cc1ccc(C(=O)O)cc1OC(C)C(=O)N1CCCC1. The van der Waals surface area contributed by atoms with Crippen LogP contribution in [0.15, 0.2) is 18.2 Å². The van der Waals surface area contributed by atoms with Gasteiger partial charge in [-0.15, -0.1) is 0 Å². The number of carboxylic acid groups (broad SMARTS) is 1. The predicted octanol–water partition coefficient (Wildman–Crippen LogP) is 2.08. The van der Waals surface area contributed by atoms with Crippen molar-refractivity contribution in [1.82, 2.24) is 4.90 Å². The number of benzene rings is 1. The lowest BCUT2D eigenvalue weighted by molar-refractivity contribution is -0.136. The molecule has 1 amide bonds. The second-order valence-electron chi connectivity index (χ2n) is 5.08. The molecule has 5 heteroatoms. The highest BCUT2D eigenvalue weighted by Crippen LogP contribution is 2.22. The largest absolute Gasteiger partial charge is 0.481 e. The van der Waals surface area contributed by atoms with Gasteiger partial charge in [0.25, 0.3) is 5.91 Å². The van der Waals surface area contributed by atoms with Gasteiger partial charge in [0.05, 0.1) is 5.56 Å². The molecule has 0 spiro atoms. The Morgan fingerprint density at radius 3 is 2.55 bits per heavy atom. The molecular formula is C15H19NO4. The summed E-state index contributed by atoms with van der Waals surface area (Å²) in [4.78, 5) is 24.9. The first-order valence-electron chi connectivity index (χ1n) is 6.78. The van der Waals surface area contributed by atoms with Gasteiger partial charge in [0, 0.05) is 13.1 Å². The van der Waals surface area contributed by atoms with Gasteiger partial charge in [-0.2, -0.15) is 0 Å². The molecule has 1 N–H and O–H groups in total. The number of carboxylic acids is 1. The Labute approximate surface area is 118 Å². The molecule has 1 aromatic carbocycles. The molecule has 1 unspecified atom stereocenters.